The summed E-state index contributed by atoms with van der Waals surface area (Å²) in [4.78, 5) is 10.1. The molecule has 0 radical (unpaired) electrons. The van der Waals surface area contributed by atoms with Gasteiger partial charge in [-0.1, -0.05) is 54.6 Å². The van der Waals surface area contributed by atoms with Gasteiger partial charge in [-0.25, -0.2) is 0 Å². The van der Waals surface area contributed by atoms with Crippen LogP contribution in [-0.2, 0) is 0 Å². The Labute approximate surface area is 122 Å². The minimum absolute atomic E-state index is 0.0715. The SMILES string of the molecule is O=[N+]([O-])c1ccc(/C=C/C=C/C(O)c2ccccc2)cc1. The number of aliphatic hydroxyl groups is 1. The average Bonchev–Trinajstić information content (AvgIpc) is 2.52. The number of hydrogen-bond donors (Lipinski definition) is 1. The van der Waals surface area contributed by atoms with Crippen molar-refractivity contribution < 1.29 is 10.0 Å². The normalized spacial score (nSPS) is 12.8. The Balaban J connectivity index is 1.95. The van der Waals surface area contributed by atoms with Gasteiger partial charge in [-0.2, -0.15) is 0 Å². The van der Waals surface area contributed by atoms with Gasteiger partial charge in [0.25, 0.3) is 5.69 Å². The van der Waals surface area contributed by atoms with Crippen LogP contribution in [0.1, 0.15) is 17.2 Å². The second kappa shape index (κ2) is 7.17. The highest BCUT2D eigenvalue weighted by Gasteiger charge is 2.02. The summed E-state index contributed by atoms with van der Waals surface area (Å²) in [6.45, 7) is 0. The second-order valence-corrected chi connectivity index (χ2v) is 4.45. The molecule has 0 aliphatic carbocycles. The van der Waals surface area contributed by atoms with E-state index >= 15 is 0 Å². The minimum Gasteiger partial charge on any atom is -0.384 e. The van der Waals surface area contributed by atoms with Gasteiger partial charge in [0.2, 0.25) is 0 Å². The van der Waals surface area contributed by atoms with Gasteiger partial charge in [-0.05, 0) is 23.3 Å². The van der Waals surface area contributed by atoms with Crippen molar-refractivity contribution in [3.8, 4) is 0 Å². The molecule has 0 saturated carbocycles. The van der Waals surface area contributed by atoms with Crippen molar-refractivity contribution in [1.29, 1.82) is 0 Å². The third kappa shape index (κ3) is 4.40. The number of hydrogen-bond acceptors (Lipinski definition) is 3. The van der Waals surface area contributed by atoms with Gasteiger partial charge in [0.1, 0.15) is 0 Å². The fraction of sp³-hybridized carbons (Fsp3) is 0.0588. The number of nitro groups is 1. The van der Waals surface area contributed by atoms with Crippen LogP contribution in [0.4, 0.5) is 5.69 Å². The lowest BCUT2D eigenvalue weighted by Crippen LogP contribution is -1.91. The Bertz CT molecular complexity index is 645. The van der Waals surface area contributed by atoms with E-state index in [9.17, 15) is 15.2 Å². The van der Waals surface area contributed by atoms with Crippen molar-refractivity contribution in [3.63, 3.8) is 0 Å². The van der Waals surface area contributed by atoms with Crippen LogP contribution in [0.5, 0.6) is 0 Å². The summed E-state index contributed by atoms with van der Waals surface area (Å²) in [7, 11) is 0. The zero-order valence-corrected chi connectivity index (χ0v) is 11.3. The second-order valence-electron chi connectivity index (χ2n) is 4.45. The van der Waals surface area contributed by atoms with E-state index in [0.717, 1.165) is 11.1 Å². The molecule has 0 aliphatic heterocycles. The lowest BCUT2D eigenvalue weighted by molar-refractivity contribution is -0.384. The predicted octanol–water partition coefficient (Wildman–Crippen LogP) is 3.90. The molecule has 0 aliphatic rings. The molecular formula is C17H15NO3. The fourth-order valence-electron chi connectivity index (χ4n) is 1.80. The Morgan fingerprint density at radius 1 is 1.00 bits per heavy atom. The highest BCUT2D eigenvalue weighted by atomic mass is 16.6. The van der Waals surface area contributed by atoms with Crippen LogP contribution >= 0.6 is 0 Å². The first-order valence-corrected chi connectivity index (χ1v) is 6.49. The summed E-state index contributed by atoms with van der Waals surface area (Å²) in [6, 6.07) is 15.6. The van der Waals surface area contributed by atoms with Gasteiger partial charge in [-0.15, -0.1) is 0 Å². The van der Waals surface area contributed by atoms with E-state index in [1.54, 1.807) is 30.4 Å². The largest absolute Gasteiger partial charge is 0.384 e. The third-order valence-electron chi connectivity index (χ3n) is 2.94. The lowest BCUT2D eigenvalue weighted by atomic mass is 10.1. The van der Waals surface area contributed by atoms with Gasteiger partial charge in [0.15, 0.2) is 0 Å². The molecule has 2 rings (SSSR count). The zero-order valence-electron chi connectivity index (χ0n) is 11.3. The number of nitro benzene ring substituents is 1. The van der Waals surface area contributed by atoms with E-state index < -0.39 is 11.0 Å². The van der Waals surface area contributed by atoms with Gasteiger partial charge < -0.3 is 5.11 Å². The number of benzene rings is 2. The van der Waals surface area contributed by atoms with E-state index in [-0.39, 0.29) is 5.69 Å². The summed E-state index contributed by atoms with van der Waals surface area (Å²) in [6.07, 6.45) is 6.38. The van der Waals surface area contributed by atoms with Crippen LogP contribution in [-0.4, -0.2) is 10.0 Å². The molecule has 21 heavy (non-hydrogen) atoms. The van der Waals surface area contributed by atoms with Crippen molar-refractivity contribution in [2.24, 2.45) is 0 Å². The summed E-state index contributed by atoms with van der Waals surface area (Å²) in [5, 5.41) is 20.5. The average molecular weight is 281 g/mol. The molecule has 2 aromatic carbocycles. The molecule has 0 aromatic heterocycles. The van der Waals surface area contributed by atoms with Crippen LogP contribution in [0.3, 0.4) is 0 Å². The monoisotopic (exact) mass is 281 g/mol. The zero-order chi connectivity index (χ0) is 15.1. The van der Waals surface area contributed by atoms with Crippen LogP contribution in [0.25, 0.3) is 6.08 Å². The number of nitrogens with zero attached hydrogens (tertiary/aromatic N) is 1. The maximum atomic E-state index is 10.5. The molecule has 0 amide bonds. The molecule has 1 N–H and O–H groups in total. The molecule has 106 valence electrons. The molecule has 0 heterocycles. The Morgan fingerprint density at radius 2 is 1.67 bits per heavy atom. The fourth-order valence-corrected chi connectivity index (χ4v) is 1.80. The molecule has 2 aromatic rings. The number of allylic oxidation sites excluding steroid dienone is 2. The maximum absolute atomic E-state index is 10.5. The van der Waals surface area contributed by atoms with E-state index in [2.05, 4.69) is 0 Å². The van der Waals surface area contributed by atoms with Crippen molar-refractivity contribution in [3.05, 3.63) is 94.1 Å². The Kier molecular flexibility index (Phi) is 5.01. The Morgan fingerprint density at radius 3 is 2.29 bits per heavy atom. The highest BCUT2D eigenvalue weighted by Crippen LogP contribution is 2.14. The maximum Gasteiger partial charge on any atom is 0.269 e. The molecule has 1 atom stereocenters. The van der Waals surface area contributed by atoms with E-state index in [1.807, 2.05) is 36.4 Å². The van der Waals surface area contributed by atoms with Crippen molar-refractivity contribution >= 4 is 11.8 Å². The molecule has 0 bridgehead atoms. The quantitative estimate of drug-likeness (QED) is 0.513. The van der Waals surface area contributed by atoms with E-state index in [0.29, 0.717) is 0 Å². The van der Waals surface area contributed by atoms with E-state index in [1.165, 1.54) is 12.1 Å². The van der Waals surface area contributed by atoms with Crippen LogP contribution in [0, 0.1) is 10.1 Å². The first kappa shape index (κ1) is 14.7. The van der Waals surface area contributed by atoms with Crippen LogP contribution in [0.2, 0.25) is 0 Å². The molecule has 1 unspecified atom stereocenters. The summed E-state index contributed by atoms with van der Waals surface area (Å²) in [5.41, 5.74) is 1.76. The van der Waals surface area contributed by atoms with Crippen LogP contribution < -0.4 is 0 Å². The number of non-ortho nitro benzene ring substituents is 1. The van der Waals surface area contributed by atoms with Crippen LogP contribution in [0.15, 0.2) is 72.8 Å². The molecule has 0 fully saturated rings. The molecule has 4 nitrogen and oxygen atoms in total. The van der Waals surface area contributed by atoms with Gasteiger partial charge >= 0.3 is 0 Å². The standard InChI is InChI=1S/C17H15NO3/c19-17(15-7-2-1-3-8-15)9-5-4-6-14-10-12-16(13-11-14)18(20)21/h1-13,17,19H/b6-4+,9-5+. The van der Waals surface area contributed by atoms with Gasteiger partial charge in [-0.3, -0.25) is 10.1 Å². The molecular weight excluding hydrogens is 266 g/mol. The summed E-state index contributed by atoms with van der Waals surface area (Å²) in [5.74, 6) is 0. The summed E-state index contributed by atoms with van der Waals surface area (Å²) >= 11 is 0. The Hall–Kier alpha value is -2.72. The minimum atomic E-state index is -0.646. The smallest absolute Gasteiger partial charge is 0.269 e. The topological polar surface area (TPSA) is 63.4 Å². The third-order valence-corrected chi connectivity index (χ3v) is 2.94. The van der Waals surface area contributed by atoms with E-state index in [4.69, 9.17) is 0 Å². The first-order valence-electron chi connectivity index (χ1n) is 6.49. The first-order chi connectivity index (χ1) is 10.2. The number of aliphatic hydroxyl groups excluding tert-OH is 1. The predicted molar refractivity (Wildman–Crippen MR) is 82.7 cm³/mol. The highest BCUT2D eigenvalue weighted by molar-refractivity contribution is 5.53. The lowest BCUT2D eigenvalue weighted by Gasteiger charge is -2.03. The molecule has 0 saturated heterocycles. The van der Waals surface area contributed by atoms with Gasteiger partial charge in [0.05, 0.1) is 11.0 Å². The van der Waals surface area contributed by atoms with Gasteiger partial charge in [0, 0.05) is 12.1 Å². The summed E-state index contributed by atoms with van der Waals surface area (Å²) < 4.78 is 0. The molecule has 0 spiro atoms. The van der Waals surface area contributed by atoms with Crippen molar-refractivity contribution in [2.45, 2.75) is 6.10 Å². The van der Waals surface area contributed by atoms with Crippen molar-refractivity contribution in [1.82, 2.24) is 0 Å². The molecule has 4 heteroatoms. The number of rotatable bonds is 5. The van der Waals surface area contributed by atoms with Crippen molar-refractivity contribution in [2.75, 3.05) is 0 Å².